The summed E-state index contributed by atoms with van der Waals surface area (Å²) in [5.41, 5.74) is 0.817. The van der Waals surface area contributed by atoms with Gasteiger partial charge in [-0.2, -0.15) is 0 Å². The Hall–Kier alpha value is -3.51. The highest BCUT2D eigenvalue weighted by Crippen LogP contribution is 2.27. The quantitative estimate of drug-likeness (QED) is 0.239. The van der Waals surface area contributed by atoms with E-state index in [1.165, 1.54) is 6.07 Å². The second kappa shape index (κ2) is 15.2. The highest BCUT2D eigenvalue weighted by atomic mass is 79.9. The second-order valence-electron chi connectivity index (χ2n) is 9.37. The van der Waals surface area contributed by atoms with Crippen LogP contribution in [0.4, 0.5) is 0 Å². The standard InChI is InChI=1S/C27H32BrN3O8/c28-22-12-11-21(39-22)26(36)30-19(13-17-7-3-1-4-8-17)25(35)31-20(24(34)27(37)29-14-23(32)33)16-38-15-18-9-5-2-6-10-18/h2,5-6,9-12,17,19-20H,1,3-4,7-8,13-16H2,(H,29,37)(H,30,36)(H,31,35)(H,32,33)/t19-,20?/m1/s1. The highest BCUT2D eigenvalue weighted by Gasteiger charge is 2.32. The minimum Gasteiger partial charge on any atom is -0.480 e. The van der Waals surface area contributed by atoms with Gasteiger partial charge in [0.05, 0.1) is 13.2 Å². The van der Waals surface area contributed by atoms with Gasteiger partial charge in [-0.3, -0.25) is 24.0 Å². The lowest BCUT2D eigenvalue weighted by Crippen LogP contribution is -2.56. The average molecular weight is 606 g/mol. The summed E-state index contributed by atoms with van der Waals surface area (Å²) < 4.78 is 11.3. The molecular formula is C27H32BrN3O8. The SMILES string of the molecule is O=C(O)CNC(=O)C(=O)C(COCc1ccccc1)NC(=O)[C@@H](CC1CCCCC1)NC(=O)c1ccc(Br)o1. The van der Waals surface area contributed by atoms with E-state index in [4.69, 9.17) is 14.3 Å². The van der Waals surface area contributed by atoms with Crippen molar-refractivity contribution in [2.75, 3.05) is 13.2 Å². The first-order valence-corrected chi connectivity index (χ1v) is 13.5. The summed E-state index contributed by atoms with van der Waals surface area (Å²) in [6.07, 6.45) is 5.32. The Labute approximate surface area is 234 Å². The van der Waals surface area contributed by atoms with Gasteiger partial charge >= 0.3 is 5.97 Å². The molecular weight excluding hydrogens is 574 g/mol. The van der Waals surface area contributed by atoms with Gasteiger partial charge in [0.15, 0.2) is 10.4 Å². The van der Waals surface area contributed by atoms with Crippen LogP contribution in [-0.2, 0) is 30.5 Å². The molecule has 3 rings (SSSR count). The Balaban J connectivity index is 1.73. The van der Waals surface area contributed by atoms with E-state index in [0.717, 1.165) is 37.7 Å². The minimum absolute atomic E-state index is 0.00943. The van der Waals surface area contributed by atoms with Gasteiger partial charge in [0.25, 0.3) is 11.8 Å². The molecule has 0 saturated heterocycles. The smallest absolute Gasteiger partial charge is 0.322 e. The number of ether oxygens (including phenoxy) is 1. The number of Topliss-reactive ketones (excluding diaryl/α,β-unsaturated/α-hetero) is 1. The number of aliphatic carboxylic acids is 1. The predicted octanol–water partition coefficient (Wildman–Crippen LogP) is 2.58. The maximum atomic E-state index is 13.4. The third-order valence-electron chi connectivity index (χ3n) is 6.37. The van der Waals surface area contributed by atoms with Crippen LogP contribution in [0, 0.1) is 5.92 Å². The summed E-state index contributed by atoms with van der Waals surface area (Å²) in [6, 6.07) is 9.72. The van der Waals surface area contributed by atoms with Crippen molar-refractivity contribution in [1.82, 2.24) is 16.0 Å². The third-order valence-corrected chi connectivity index (χ3v) is 6.79. The van der Waals surface area contributed by atoms with Crippen LogP contribution in [0.25, 0.3) is 0 Å². The van der Waals surface area contributed by atoms with Gasteiger partial charge in [-0.15, -0.1) is 0 Å². The molecule has 1 saturated carbocycles. The molecule has 0 radical (unpaired) electrons. The Morgan fingerprint density at radius 2 is 1.69 bits per heavy atom. The van der Waals surface area contributed by atoms with Crippen molar-refractivity contribution in [2.24, 2.45) is 5.92 Å². The maximum absolute atomic E-state index is 13.4. The molecule has 1 unspecified atom stereocenters. The zero-order valence-electron chi connectivity index (χ0n) is 21.3. The molecule has 3 amide bonds. The number of carboxylic acids is 1. The van der Waals surface area contributed by atoms with E-state index in [-0.39, 0.29) is 24.9 Å². The summed E-state index contributed by atoms with van der Waals surface area (Å²) >= 11 is 3.15. The van der Waals surface area contributed by atoms with Crippen molar-refractivity contribution < 1.29 is 38.2 Å². The molecule has 1 aromatic heterocycles. The van der Waals surface area contributed by atoms with E-state index < -0.39 is 48.1 Å². The first-order chi connectivity index (χ1) is 18.7. The van der Waals surface area contributed by atoms with E-state index in [1.54, 1.807) is 6.07 Å². The molecule has 1 heterocycles. The number of ketones is 1. The summed E-state index contributed by atoms with van der Waals surface area (Å²) in [6.45, 7) is -0.975. The van der Waals surface area contributed by atoms with Gasteiger partial charge in [0.2, 0.25) is 11.7 Å². The topological polar surface area (TPSA) is 164 Å². The van der Waals surface area contributed by atoms with Crippen molar-refractivity contribution in [3.05, 3.63) is 58.5 Å². The molecule has 11 nitrogen and oxygen atoms in total. The van der Waals surface area contributed by atoms with E-state index >= 15 is 0 Å². The van der Waals surface area contributed by atoms with Gasteiger partial charge in [-0.1, -0.05) is 62.4 Å². The van der Waals surface area contributed by atoms with Crippen molar-refractivity contribution in [1.29, 1.82) is 0 Å². The second-order valence-corrected chi connectivity index (χ2v) is 10.2. The Morgan fingerprint density at radius 3 is 2.33 bits per heavy atom. The fourth-order valence-electron chi connectivity index (χ4n) is 4.38. The number of carboxylic acid groups (broad SMARTS) is 1. The number of hydrogen-bond donors (Lipinski definition) is 4. The fourth-order valence-corrected chi connectivity index (χ4v) is 4.69. The molecule has 210 valence electrons. The number of halogens is 1. The van der Waals surface area contributed by atoms with Crippen molar-refractivity contribution in [3.63, 3.8) is 0 Å². The number of nitrogens with one attached hydrogen (secondary N) is 3. The van der Waals surface area contributed by atoms with Crippen molar-refractivity contribution in [2.45, 2.75) is 57.2 Å². The van der Waals surface area contributed by atoms with Crippen LogP contribution < -0.4 is 16.0 Å². The third kappa shape index (κ3) is 9.95. The average Bonchev–Trinajstić information content (AvgIpc) is 3.37. The Bertz CT molecular complexity index is 1150. The number of amides is 3. The summed E-state index contributed by atoms with van der Waals surface area (Å²) in [5, 5.41) is 16.1. The summed E-state index contributed by atoms with van der Waals surface area (Å²) in [5.74, 6) is -4.60. The molecule has 1 aliphatic rings. The molecule has 0 bridgehead atoms. The zero-order chi connectivity index (χ0) is 28.2. The van der Waals surface area contributed by atoms with Crippen LogP contribution >= 0.6 is 15.9 Å². The molecule has 0 spiro atoms. The summed E-state index contributed by atoms with van der Waals surface area (Å²) in [7, 11) is 0. The Morgan fingerprint density at radius 1 is 0.974 bits per heavy atom. The lowest BCUT2D eigenvalue weighted by Gasteiger charge is -2.27. The van der Waals surface area contributed by atoms with Gasteiger partial charge < -0.3 is 30.2 Å². The number of benzene rings is 1. The molecule has 2 atom stereocenters. The number of furan rings is 1. The van der Waals surface area contributed by atoms with Crippen molar-refractivity contribution >= 4 is 45.4 Å². The minimum atomic E-state index is -1.40. The molecule has 0 aliphatic heterocycles. The summed E-state index contributed by atoms with van der Waals surface area (Å²) in [4.78, 5) is 62.3. The van der Waals surface area contributed by atoms with Crippen LogP contribution in [0.1, 0.15) is 54.6 Å². The number of hydrogen-bond acceptors (Lipinski definition) is 7. The number of rotatable bonds is 14. The molecule has 2 aromatic rings. The first-order valence-electron chi connectivity index (χ1n) is 12.7. The van der Waals surface area contributed by atoms with Crippen LogP contribution in [-0.4, -0.2) is 59.8 Å². The van der Waals surface area contributed by atoms with Gasteiger partial charge in [-0.25, -0.2) is 0 Å². The van der Waals surface area contributed by atoms with E-state index in [9.17, 15) is 24.0 Å². The van der Waals surface area contributed by atoms with Gasteiger partial charge in [0.1, 0.15) is 18.6 Å². The lowest BCUT2D eigenvalue weighted by atomic mass is 9.84. The highest BCUT2D eigenvalue weighted by molar-refractivity contribution is 9.10. The molecule has 1 aliphatic carbocycles. The normalized spacial score (nSPS) is 15.1. The Kier molecular flexibility index (Phi) is 11.7. The van der Waals surface area contributed by atoms with Crippen LogP contribution in [0.15, 0.2) is 51.6 Å². The molecule has 39 heavy (non-hydrogen) atoms. The monoisotopic (exact) mass is 605 g/mol. The van der Waals surface area contributed by atoms with E-state index in [1.807, 2.05) is 35.6 Å². The first kappa shape index (κ1) is 30.0. The predicted molar refractivity (Wildman–Crippen MR) is 143 cm³/mol. The molecule has 4 N–H and O–H groups in total. The fraction of sp³-hybridized carbons (Fsp3) is 0.444. The molecule has 1 aromatic carbocycles. The van der Waals surface area contributed by atoms with Gasteiger partial charge in [0, 0.05) is 0 Å². The zero-order valence-corrected chi connectivity index (χ0v) is 22.9. The van der Waals surface area contributed by atoms with Crippen LogP contribution in [0.2, 0.25) is 0 Å². The molecule has 1 fully saturated rings. The molecule has 12 heteroatoms. The van der Waals surface area contributed by atoms with E-state index in [0.29, 0.717) is 11.1 Å². The number of carbonyl (C=O) groups is 5. The van der Waals surface area contributed by atoms with E-state index in [2.05, 4.69) is 26.6 Å². The van der Waals surface area contributed by atoms with Gasteiger partial charge in [-0.05, 0) is 46.0 Å². The van der Waals surface area contributed by atoms with Crippen LogP contribution in [0.5, 0.6) is 0 Å². The van der Waals surface area contributed by atoms with Crippen LogP contribution in [0.3, 0.4) is 0 Å². The number of carbonyl (C=O) groups excluding carboxylic acids is 4. The maximum Gasteiger partial charge on any atom is 0.322 e. The largest absolute Gasteiger partial charge is 0.480 e. The van der Waals surface area contributed by atoms with Crippen molar-refractivity contribution in [3.8, 4) is 0 Å². The lowest BCUT2D eigenvalue weighted by molar-refractivity contribution is -0.143.